The predicted molar refractivity (Wildman–Crippen MR) is 82.4 cm³/mol. The maximum Gasteiger partial charge on any atom is 0.237 e. The number of carbonyl (C=O) groups excluding carboxylic acids is 1. The maximum absolute atomic E-state index is 12.4. The van der Waals surface area contributed by atoms with E-state index in [1.165, 1.54) is 38.5 Å². The van der Waals surface area contributed by atoms with Crippen LogP contribution in [0, 0.1) is 5.92 Å². The van der Waals surface area contributed by atoms with Crippen LogP contribution in [0.25, 0.3) is 0 Å². The molecule has 2 aliphatic carbocycles. The Morgan fingerprint density at radius 1 is 1.20 bits per heavy atom. The maximum atomic E-state index is 12.4. The summed E-state index contributed by atoms with van der Waals surface area (Å²) in [5.41, 5.74) is 5.91. The third kappa shape index (κ3) is 3.73. The SMILES string of the molecule is CC(C(=O)NC1CCCC1)N(C)C1CCCCC1CN. The lowest BCUT2D eigenvalue weighted by molar-refractivity contribution is -0.127. The van der Waals surface area contributed by atoms with Gasteiger partial charge >= 0.3 is 0 Å². The van der Waals surface area contributed by atoms with Crippen molar-refractivity contribution in [3.05, 3.63) is 0 Å². The average molecular weight is 281 g/mol. The first-order chi connectivity index (χ1) is 9.63. The number of rotatable bonds is 5. The molecule has 0 saturated heterocycles. The molecular formula is C16H31N3O. The molecule has 0 aromatic rings. The lowest BCUT2D eigenvalue weighted by Gasteiger charge is -2.40. The van der Waals surface area contributed by atoms with Gasteiger partial charge in [0.15, 0.2) is 0 Å². The molecule has 0 spiro atoms. The second-order valence-electron chi connectivity index (χ2n) is 6.68. The Bertz CT molecular complexity index is 315. The van der Waals surface area contributed by atoms with Gasteiger partial charge in [-0.05, 0) is 52.1 Å². The van der Waals surface area contributed by atoms with Gasteiger partial charge in [-0.15, -0.1) is 0 Å². The van der Waals surface area contributed by atoms with Crippen LogP contribution in [0.4, 0.5) is 0 Å². The summed E-state index contributed by atoms with van der Waals surface area (Å²) in [5.74, 6) is 0.747. The summed E-state index contributed by atoms with van der Waals surface area (Å²) in [6.07, 6.45) is 9.76. The van der Waals surface area contributed by atoms with E-state index < -0.39 is 0 Å². The zero-order chi connectivity index (χ0) is 14.5. The van der Waals surface area contributed by atoms with E-state index in [0.717, 1.165) is 19.4 Å². The zero-order valence-corrected chi connectivity index (χ0v) is 13.1. The summed E-state index contributed by atoms with van der Waals surface area (Å²) >= 11 is 0. The molecule has 2 saturated carbocycles. The van der Waals surface area contributed by atoms with E-state index in [1.807, 2.05) is 6.92 Å². The second kappa shape index (κ2) is 7.41. The van der Waals surface area contributed by atoms with Crippen molar-refractivity contribution >= 4 is 5.91 Å². The first kappa shape index (κ1) is 15.8. The van der Waals surface area contributed by atoms with E-state index in [-0.39, 0.29) is 11.9 Å². The number of carbonyl (C=O) groups is 1. The Morgan fingerprint density at radius 3 is 2.45 bits per heavy atom. The Hall–Kier alpha value is -0.610. The normalized spacial score (nSPS) is 29.6. The number of likely N-dealkylation sites (N-methyl/N-ethyl adjacent to an activating group) is 1. The van der Waals surface area contributed by atoms with E-state index in [9.17, 15) is 4.79 Å². The van der Waals surface area contributed by atoms with Gasteiger partial charge in [0.25, 0.3) is 0 Å². The van der Waals surface area contributed by atoms with E-state index in [1.54, 1.807) is 0 Å². The first-order valence-electron chi connectivity index (χ1n) is 8.36. The highest BCUT2D eigenvalue weighted by molar-refractivity contribution is 5.81. The minimum absolute atomic E-state index is 0.0484. The van der Waals surface area contributed by atoms with Crippen molar-refractivity contribution in [2.75, 3.05) is 13.6 Å². The van der Waals surface area contributed by atoms with E-state index >= 15 is 0 Å². The van der Waals surface area contributed by atoms with Crippen LogP contribution in [-0.4, -0.2) is 42.5 Å². The Morgan fingerprint density at radius 2 is 1.80 bits per heavy atom. The van der Waals surface area contributed by atoms with Crippen LogP contribution in [0.1, 0.15) is 58.3 Å². The highest BCUT2D eigenvalue weighted by atomic mass is 16.2. The van der Waals surface area contributed by atoms with Gasteiger partial charge in [0, 0.05) is 12.1 Å². The molecule has 0 bridgehead atoms. The van der Waals surface area contributed by atoms with Crippen LogP contribution in [0.3, 0.4) is 0 Å². The summed E-state index contributed by atoms with van der Waals surface area (Å²) in [4.78, 5) is 14.7. The third-order valence-corrected chi connectivity index (χ3v) is 5.39. The number of hydrogen-bond donors (Lipinski definition) is 2. The van der Waals surface area contributed by atoms with Crippen LogP contribution in [0.2, 0.25) is 0 Å². The molecule has 2 aliphatic rings. The minimum atomic E-state index is -0.0484. The van der Waals surface area contributed by atoms with Crippen LogP contribution in [0.15, 0.2) is 0 Å². The smallest absolute Gasteiger partial charge is 0.237 e. The molecule has 4 heteroatoms. The lowest BCUT2D eigenvalue weighted by atomic mass is 9.83. The molecule has 2 rings (SSSR count). The van der Waals surface area contributed by atoms with Gasteiger partial charge in [0.1, 0.15) is 0 Å². The number of hydrogen-bond acceptors (Lipinski definition) is 3. The predicted octanol–water partition coefficient (Wildman–Crippen LogP) is 1.88. The number of nitrogens with two attached hydrogens (primary N) is 1. The molecule has 116 valence electrons. The fourth-order valence-corrected chi connectivity index (χ4v) is 3.86. The van der Waals surface area contributed by atoms with Gasteiger partial charge in [0.2, 0.25) is 5.91 Å². The van der Waals surface area contributed by atoms with Crippen LogP contribution >= 0.6 is 0 Å². The molecule has 1 amide bonds. The molecule has 3 N–H and O–H groups in total. The van der Waals surface area contributed by atoms with Crippen molar-refractivity contribution in [2.45, 2.75) is 76.4 Å². The summed E-state index contributed by atoms with van der Waals surface area (Å²) < 4.78 is 0. The van der Waals surface area contributed by atoms with Crippen molar-refractivity contribution in [1.29, 1.82) is 0 Å². The molecular weight excluding hydrogens is 250 g/mol. The average Bonchev–Trinajstić information content (AvgIpc) is 2.98. The summed E-state index contributed by atoms with van der Waals surface area (Å²) in [7, 11) is 2.09. The summed E-state index contributed by atoms with van der Waals surface area (Å²) in [6.45, 7) is 2.78. The Labute approximate surface area is 123 Å². The van der Waals surface area contributed by atoms with Crippen LogP contribution in [0.5, 0.6) is 0 Å². The van der Waals surface area contributed by atoms with Crippen molar-refractivity contribution in [2.24, 2.45) is 11.7 Å². The van der Waals surface area contributed by atoms with Crippen molar-refractivity contribution < 1.29 is 4.79 Å². The Kier molecular flexibility index (Phi) is 5.85. The van der Waals surface area contributed by atoms with Gasteiger partial charge in [0.05, 0.1) is 6.04 Å². The molecule has 4 nitrogen and oxygen atoms in total. The summed E-state index contributed by atoms with van der Waals surface area (Å²) in [5, 5.41) is 3.22. The topological polar surface area (TPSA) is 58.4 Å². The molecule has 20 heavy (non-hydrogen) atoms. The van der Waals surface area contributed by atoms with Crippen LogP contribution < -0.4 is 11.1 Å². The van der Waals surface area contributed by atoms with Crippen molar-refractivity contribution in [3.8, 4) is 0 Å². The van der Waals surface area contributed by atoms with Crippen LogP contribution in [-0.2, 0) is 4.79 Å². The summed E-state index contributed by atoms with van der Waals surface area (Å²) in [6, 6.07) is 0.834. The van der Waals surface area contributed by atoms with Gasteiger partial charge in [-0.3, -0.25) is 9.69 Å². The van der Waals surface area contributed by atoms with Gasteiger partial charge < -0.3 is 11.1 Å². The number of nitrogens with zero attached hydrogens (tertiary/aromatic N) is 1. The molecule has 2 fully saturated rings. The van der Waals surface area contributed by atoms with Gasteiger partial charge in [-0.1, -0.05) is 25.7 Å². The Balaban J connectivity index is 1.88. The second-order valence-corrected chi connectivity index (χ2v) is 6.68. The highest BCUT2D eigenvalue weighted by Crippen LogP contribution is 2.28. The fourth-order valence-electron chi connectivity index (χ4n) is 3.86. The fraction of sp³-hybridized carbons (Fsp3) is 0.938. The molecule has 0 radical (unpaired) electrons. The zero-order valence-electron chi connectivity index (χ0n) is 13.1. The van der Waals surface area contributed by atoms with Gasteiger partial charge in [-0.2, -0.15) is 0 Å². The standard InChI is InChI=1S/C16H31N3O/c1-12(16(20)18-14-8-4-5-9-14)19(2)15-10-6-3-7-13(15)11-17/h12-15H,3-11,17H2,1-2H3,(H,18,20). The highest BCUT2D eigenvalue weighted by Gasteiger charge is 2.32. The monoisotopic (exact) mass is 281 g/mol. The van der Waals surface area contributed by atoms with Crippen molar-refractivity contribution in [3.63, 3.8) is 0 Å². The number of nitrogens with one attached hydrogen (secondary N) is 1. The van der Waals surface area contributed by atoms with Gasteiger partial charge in [-0.25, -0.2) is 0 Å². The molecule has 3 unspecified atom stereocenters. The lowest BCUT2D eigenvalue weighted by Crippen LogP contribution is -2.53. The third-order valence-electron chi connectivity index (χ3n) is 5.39. The minimum Gasteiger partial charge on any atom is -0.352 e. The molecule has 0 heterocycles. The van der Waals surface area contributed by atoms with E-state index in [2.05, 4.69) is 17.3 Å². The largest absolute Gasteiger partial charge is 0.352 e. The molecule has 3 atom stereocenters. The van der Waals surface area contributed by atoms with E-state index in [4.69, 9.17) is 5.73 Å². The quantitative estimate of drug-likeness (QED) is 0.809. The first-order valence-corrected chi connectivity index (χ1v) is 8.36. The number of amides is 1. The van der Waals surface area contributed by atoms with E-state index in [0.29, 0.717) is 18.0 Å². The van der Waals surface area contributed by atoms with Crippen molar-refractivity contribution in [1.82, 2.24) is 10.2 Å². The molecule has 0 aromatic carbocycles. The molecule has 0 aliphatic heterocycles. The molecule has 0 aromatic heterocycles.